The minimum Gasteiger partial charge on any atom is -0.465 e. The van der Waals surface area contributed by atoms with E-state index in [4.69, 9.17) is 20.1 Å². The van der Waals surface area contributed by atoms with Crippen LogP contribution < -0.4 is 0 Å². The monoisotopic (exact) mass is 256 g/mol. The maximum Gasteiger partial charge on any atom is 0.407 e. The van der Waals surface area contributed by atoms with Crippen molar-refractivity contribution in [3.05, 3.63) is 10.4 Å². The second kappa shape index (κ2) is 4.71. The summed E-state index contributed by atoms with van der Waals surface area (Å²) in [6.07, 6.45) is -2.34. The van der Waals surface area contributed by atoms with Crippen LogP contribution in [0.3, 0.4) is 0 Å². The topological polar surface area (TPSA) is 128 Å². The molecule has 2 rings (SSSR count). The van der Waals surface area contributed by atoms with Crippen LogP contribution in [0.1, 0.15) is 6.92 Å². The van der Waals surface area contributed by atoms with E-state index in [9.17, 15) is 9.59 Å². The first-order valence-corrected chi connectivity index (χ1v) is 5.37. The van der Waals surface area contributed by atoms with E-state index in [1.165, 1.54) is 11.8 Å². The van der Waals surface area contributed by atoms with Crippen LogP contribution in [0.4, 0.5) is 4.79 Å². The molecule has 18 heavy (non-hydrogen) atoms. The Morgan fingerprint density at radius 3 is 3.00 bits per heavy atom. The van der Waals surface area contributed by atoms with Gasteiger partial charge in [-0.05, 0) is 5.53 Å². The first-order valence-electron chi connectivity index (χ1n) is 5.37. The molecule has 2 saturated heterocycles. The lowest BCUT2D eigenvalue weighted by Gasteiger charge is -2.29. The zero-order valence-corrected chi connectivity index (χ0v) is 9.59. The Bertz CT molecular complexity index is 417. The van der Waals surface area contributed by atoms with Gasteiger partial charge in [0.05, 0.1) is 13.1 Å². The number of ether oxygens (including phenoxy) is 2. The van der Waals surface area contributed by atoms with Gasteiger partial charge < -0.3 is 14.6 Å². The summed E-state index contributed by atoms with van der Waals surface area (Å²) in [5.41, 5.74) is 8.30. The second-order valence-corrected chi connectivity index (χ2v) is 4.13. The lowest BCUT2D eigenvalue weighted by atomic mass is 10.1. The number of carbonyl (C=O) groups excluding carboxylic acids is 1. The molecule has 4 atom stereocenters. The Morgan fingerprint density at radius 1 is 1.72 bits per heavy atom. The zero-order valence-electron chi connectivity index (χ0n) is 9.59. The first-order chi connectivity index (χ1) is 8.54. The number of carboxylic acid groups (broad SMARTS) is 1. The van der Waals surface area contributed by atoms with Gasteiger partial charge in [0.1, 0.15) is 24.4 Å². The smallest absolute Gasteiger partial charge is 0.407 e. The van der Waals surface area contributed by atoms with E-state index in [-0.39, 0.29) is 25.3 Å². The molecule has 1 amide bonds. The Labute approximate surface area is 102 Å². The molecule has 0 spiro atoms. The third-order valence-electron chi connectivity index (χ3n) is 2.96. The Morgan fingerprint density at radius 2 is 2.44 bits per heavy atom. The summed E-state index contributed by atoms with van der Waals surface area (Å²) in [7, 11) is 0. The van der Waals surface area contributed by atoms with Crippen LogP contribution >= 0.6 is 0 Å². The molecule has 0 aromatic carbocycles. The van der Waals surface area contributed by atoms with Gasteiger partial charge in [0, 0.05) is 11.8 Å². The van der Waals surface area contributed by atoms with E-state index in [1.807, 2.05) is 0 Å². The van der Waals surface area contributed by atoms with Crippen molar-refractivity contribution in [3.63, 3.8) is 0 Å². The van der Waals surface area contributed by atoms with E-state index in [1.54, 1.807) is 0 Å². The number of fused-ring (bicyclic) bond motifs is 1. The van der Waals surface area contributed by atoms with Crippen molar-refractivity contribution in [2.75, 3.05) is 13.1 Å². The van der Waals surface area contributed by atoms with Gasteiger partial charge in [-0.25, -0.2) is 4.79 Å². The molecule has 0 aromatic rings. The van der Waals surface area contributed by atoms with Gasteiger partial charge in [-0.3, -0.25) is 9.69 Å². The molecule has 9 heteroatoms. The highest BCUT2D eigenvalue weighted by molar-refractivity contribution is 5.68. The first kappa shape index (κ1) is 12.5. The van der Waals surface area contributed by atoms with Crippen molar-refractivity contribution in [1.82, 2.24) is 4.90 Å². The zero-order chi connectivity index (χ0) is 13.3. The fraction of sp³-hybridized carbons (Fsp3) is 0.778. The molecule has 0 saturated carbocycles. The average molecular weight is 256 g/mol. The van der Waals surface area contributed by atoms with Crippen molar-refractivity contribution < 1.29 is 24.2 Å². The van der Waals surface area contributed by atoms with Crippen LogP contribution in [0, 0.1) is 0 Å². The maximum absolute atomic E-state index is 11.1. The van der Waals surface area contributed by atoms with E-state index >= 15 is 0 Å². The van der Waals surface area contributed by atoms with Crippen LogP contribution in [0.5, 0.6) is 0 Å². The Kier molecular flexibility index (Phi) is 3.26. The predicted molar refractivity (Wildman–Crippen MR) is 56.7 cm³/mol. The van der Waals surface area contributed by atoms with Crippen LogP contribution in [0.2, 0.25) is 0 Å². The molecule has 0 bridgehead atoms. The number of hydrogen-bond donors (Lipinski definition) is 1. The molecule has 98 valence electrons. The van der Waals surface area contributed by atoms with Crippen LogP contribution in [-0.2, 0) is 14.3 Å². The number of amides is 1. The third-order valence-corrected chi connectivity index (χ3v) is 2.96. The minimum absolute atomic E-state index is 0.114. The van der Waals surface area contributed by atoms with Crippen LogP contribution in [0.15, 0.2) is 5.11 Å². The van der Waals surface area contributed by atoms with Crippen molar-refractivity contribution in [1.29, 1.82) is 0 Å². The molecule has 0 aromatic heterocycles. The molecule has 9 nitrogen and oxygen atoms in total. The lowest BCUT2D eigenvalue weighted by molar-refractivity contribution is -0.149. The molecular formula is C9H12N4O5. The van der Waals surface area contributed by atoms with E-state index < -0.39 is 24.2 Å². The predicted octanol–water partition coefficient (Wildman–Crippen LogP) is 0.358. The van der Waals surface area contributed by atoms with Gasteiger partial charge in [0.15, 0.2) is 0 Å². The van der Waals surface area contributed by atoms with Gasteiger partial charge >= 0.3 is 12.1 Å². The number of rotatable bonds is 4. The van der Waals surface area contributed by atoms with Crippen molar-refractivity contribution in [3.8, 4) is 0 Å². The van der Waals surface area contributed by atoms with Crippen molar-refractivity contribution in [2.45, 2.75) is 31.3 Å². The van der Waals surface area contributed by atoms with Gasteiger partial charge in [-0.1, -0.05) is 5.11 Å². The largest absolute Gasteiger partial charge is 0.465 e. The van der Waals surface area contributed by atoms with Gasteiger partial charge in [-0.2, -0.15) is 0 Å². The van der Waals surface area contributed by atoms with Gasteiger partial charge in [-0.15, -0.1) is 0 Å². The van der Waals surface area contributed by atoms with E-state index in [0.29, 0.717) is 0 Å². The van der Waals surface area contributed by atoms with Crippen molar-refractivity contribution in [2.24, 2.45) is 5.11 Å². The molecule has 0 unspecified atom stereocenters. The summed E-state index contributed by atoms with van der Waals surface area (Å²) in [4.78, 5) is 25.8. The highest BCUT2D eigenvalue weighted by atomic mass is 16.6. The fourth-order valence-corrected chi connectivity index (χ4v) is 2.26. The second-order valence-electron chi connectivity index (χ2n) is 4.13. The SMILES string of the molecule is CC(=O)O[C@H](CN=[N+]=[N-])[C@@H]1[C@@H]2O[C@@H]2CN1C(=O)O. The highest BCUT2D eigenvalue weighted by Crippen LogP contribution is 2.38. The number of azide groups is 1. The molecule has 2 aliphatic heterocycles. The summed E-state index contributed by atoms with van der Waals surface area (Å²) >= 11 is 0. The summed E-state index contributed by atoms with van der Waals surface area (Å²) in [5, 5.41) is 12.4. The lowest BCUT2D eigenvalue weighted by Crippen LogP contribution is -2.49. The summed E-state index contributed by atoms with van der Waals surface area (Å²) in [6.45, 7) is 1.35. The Hall–Kier alpha value is -1.99. The number of carbonyl (C=O) groups is 2. The number of likely N-dealkylation sites (tertiary alicyclic amines) is 1. The van der Waals surface area contributed by atoms with Crippen molar-refractivity contribution >= 4 is 12.1 Å². The number of hydrogen-bond acceptors (Lipinski definition) is 5. The minimum atomic E-state index is -1.10. The fourth-order valence-electron chi connectivity index (χ4n) is 2.26. The number of esters is 1. The van der Waals surface area contributed by atoms with Gasteiger partial charge in [0.25, 0.3) is 0 Å². The van der Waals surface area contributed by atoms with E-state index in [2.05, 4.69) is 10.0 Å². The van der Waals surface area contributed by atoms with Crippen LogP contribution in [0.25, 0.3) is 10.4 Å². The molecule has 2 fully saturated rings. The van der Waals surface area contributed by atoms with Crippen LogP contribution in [-0.4, -0.2) is 59.5 Å². The number of nitrogens with zero attached hydrogens (tertiary/aromatic N) is 4. The maximum atomic E-state index is 11.1. The molecule has 0 radical (unpaired) electrons. The number of epoxide rings is 1. The quantitative estimate of drug-likeness (QED) is 0.255. The summed E-state index contributed by atoms with van der Waals surface area (Å²) in [6, 6.07) is -0.609. The molecule has 0 aliphatic carbocycles. The molecule has 2 heterocycles. The Balaban J connectivity index is 2.14. The summed E-state index contributed by atoms with van der Waals surface area (Å²) in [5.74, 6) is -0.553. The number of morpholine rings is 1. The summed E-state index contributed by atoms with van der Waals surface area (Å²) < 4.78 is 10.3. The molecule has 1 N–H and O–H groups in total. The van der Waals surface area contributed by atoms with E-state index in [0.717, 1.165) is 0 Å². The normalized spacial score (nSPS) is 30.1. The third kappa shape index (κ3) is 2.31. The molecule has 2 aliphatic rings. The standard InChI is InChI=1S/C9H12N4O5/c1-4(14)17-5(2-11-12-10)7-8-6(18-8)3-13(7)9(15)16/h5-8H,2-3H2,1H3,(H,15,16)/t5-,6-,7-,8-/m1/s1. The molecular weight excluding hydrogens is 244 g/mol. The highest BCUT2D eigenvalue weighted by Gasteiger charge is 2.59. The van der Waals surface area contributed by atoms with Gasteiger partial charge in [0.2, 0.25) is 0 Å². The average Bonchev–Trinajstić information content (AvgIpc) is 2.95.